The van der Waals surface area contributed by atoms with Gasteiger partial charge >= 0.3 is 0 Å². The summed E-state index contributed by atoms with van der Waals surface area (Å²) in [6, 6.07) is 4.97. The molecule has 1 unspecified atom stereocenters. The van der Waals surface area contributed by atoms with Gasteiger partial charge in [0, 0.05) is 6.54 Å². The van der Waals surface area contributed by atoms with Gasteiger partial charge in [0.15, 0.2) is 0 Å². The number of aromatic nitrogens is 1. The second kappa shape index (κ2) is 3.92. The van der Waals surface area contributed by atoms with Gasteiger partial charge in [-0.15, -0.1) is 0 Å². The minimum Gasteiger partial charge on any atom is -0.387 e. The van der Waals surface area contributed by atoms with E-state index in [1.54, 1.807) is 18.2 Å². The highest BCUT2D eigenvalue weighted by molar-refractivity contribution is 5.89. The monoisotopic (exact) mass is 221 g/mol. The van der Waals surface area contributed by atoms with E-state index in [2.05, 4.69) is 4.98 Å². The minimum absolute atomic E-state index is 0.000992. The number of rotatable bonds is 3. The number of nitrogens with one attached hydrogen (secondary N) is 1. The molecule has 2 rings (SSSR count). The molecule has 6 heteroatoms. The zero-order valence-electron chi connectivity index (χ0n) is 8.38. The van der Waals surface area contributed by atoms with Crippen molar-refractivity contribution in [3.05, 3.63) is 40.1 Å². The van der Waals surface area contributed by atoms with Crippen LogP contribution in [0.3, 0.4) is 0 Å². The second-order valence-electron chi connectivity index (χ2n) is 3.49. The Morgan fingerprint density at radius 3 is 2.94 bits per heavy atom. The summed E-state index contributed by atoms with van der Waals surface area (Å²) < 4.78 is 0. The van der Waals surface area contributed by atoms with Gasteiger partial charge in [-0.2, -0.15) is 0 Å². The highest BCUT2D eigenvalue weighted by Crippen LogP contribution is 2.27. The van der Waals surface area contributed by atoms with E-state index in [-0.39, 0.29) is 12.2 Å². The SMILES string of the molecule is NCC(O)c1ccc2[nH]cc([N+](=O)[O-])c2c1. The normalized spacial score (nSPS) is 12.9. The number of nitrogens with two attached hydrogens (primary N) is 1. The Kier molecular flexibility index (Phi) is 2.59. The molecule has 0 aliphatic carbocycles. The van der Waals surface area contributed by atoms with Crippen molar-refractivity contribution in [2.45, 2.75) is 6.10 Å². The van der Waals surface area contributed by atoms with E-state index in [0.29, 0.717) is 16.5 Å². The van der Waals surface area contributed by atoms with Gasteiger partial charge < -0.3 is 15.8 Å². The van der Waals surface area contributed by atoms with E-state index in [0.717, 1.165) is 0 Å². The van der Waals surface area contributed by atoms with Crippen LogP contribution >= 0.6 is 0 Å². The molecule has 0 aliphatic rings. The van der Waals surface area contributed by atoms with Gasteiger partial charge in [0.2, 0.25) is 0 Å². The molecule has 1 aromatic carbocycles. The minimum atomic E-state index is -0.793. The molecule has 1 aromatic heterocycles. The van der Waals surface area contributed by atoms with Crippen LogP contribution in [0.15, 0.2) is 24.4 Å². The van der Waals surface area contributed by atoms with Crippen LogP contribution in [-0.2, 0) is 0 Å². The quantitative estimate of drug-likeness (QED) is 0.532. The second-order valence-corrected chi connectivity index (χ2v) is 3.49. The molecule has 6 nitrogen and oxygen atoms in total. The highest BCUT2D eigenvalue weighted by Gasteiger charge is 2.15. The van der Waals surface area contributed by atoms with E-state index >= 15 is 0 Å². The molecule has 0 radical (unpaired) electrons. The van der Waals surface area contributed by atoms with E-state index in [1.165, 1.54) is 6.20 Å². The maximum atomic E-state index is 10.7. The van der Waals surface area contributed by atoms with Gasteiger partial charge in [-0.3, -0.25) is 10.1 Å². The van der Waals surface area contributed by atoms with E-state index < -0.39 is 11.0 Å². The Labute approximate surface area is 90.8 Å². The Bertz CT molecular complexity index is 535. The van der Waals surface area contributed by atoms with Crippen LogP contribution in [0.1, 0.15) is 11.7 Å². The van der Waals surface area contributed by atoms with Crippen molar-refractivity contribution < 1.29 is 10.0 Å². The molecule has 16 heavy (non-hydrogen) atoms. The third-order valence-electron chi connectivity index (χ3n) is 2.49. The first-order valence-electron chi connectivity index (χ1n) is 4.77. The average Bonchev–Trinajstić information content (AvgIpc) is 2.70. The number of hydrogen-bond acceptors (Lipinski definition) is 4. The molecule has 0 aliphatic heterocycles. The fourth-order valence-electron chi connectivity index (χ4n) is 1.62. The summed E-state index contributed by atoms with van der Waals surface area (Å²) in [4.78, 5) is 13.1. The average molecular weight is 221 g/mol. The van der Waals surface area contributed by atoms with Crippen LogP contribution in [-0.4, -0.2) is 21.6 Å². The highest BCUT2D eigenvalue weighted by atomic mass is 16.6. The van der Waals surface area contributed by atoms with Crippen LogP contribution in [0.5, 0.6) is 0 Å². The summed E-state index contributed by atoms with van der Waals surface area (Å²) in [5.74, 6) is 0. The molecule has 0 bridgehead atoms. The first-order valence-corrected chi connectivity index (χ1v) is 4.77. The Morgan fingerprint density at radius 2 is 2.31 bits per heavy atom. The lowest BCUT2D eigenvalue weighted by Crippen LogP contribution is -2.11. The molecule has 0 amide bonds. The number of nitrogens with zero attached hydrogens (tertiary/aromatic N) is 1. The van der Waals surface area contributed by atoms with Crippen LogP contribution in [0, 0.1) is 10.1 Å². The van der Waals surface area contributed by atoms with E-state index in [9.17, 15) is 15.2 Å². The Hall–Kier alpha value is -1.92. The van der Waals surface area contributed by atoms with Crippen LogP contribution in [0.2, 0.25) is 0 Å². The maximum Gasteiger partial charge on any atom is 0.294 e. The predicted molar refractivity (Wildman–Crippen MR) is 59.0 cm³/mol. The molecule has 0 spiro atoms. The zero-order valence-corrected chi connectivity index (χ0v) is 8.38. The van der Waals surface area contributed by atoms with Gasteiger partial charge in [0.05, 0.1) is 28.1 Å². The van der Waals surface area contributed by atoms with Crippen molar-refractivity contribution in [3.63, 3.8) is 0 Å². The van der Waals surface area contributed by atoms with Crippen LogP contribution in [0.4, 0.5) is 5.69 Å². The van der Waals surface area contributed by atoms with E-state index in [4.69, 9.17) is 5.73 Å². The van der Waals surface area contributed by atoms with Crippen LogP contribution < -0.4 is 5.73 Å². The zero-order chi connectivity index (χ0) is 11.7. The number of aromatic amines is 1. The molecule has 1 heterocycles. The Morgan fingerprint density at radius 1 is 1.56 bits per heavy atom. The van der Waals surface area contributed by atoms with Crippen molar-refractivity contribution in [2.24, 2.45) is 5.73 Å². The lowest BCUT2D eigenvalue weighted by molar-refractivity contribution is -0.383. The summed E-state index contributed by atoms with van der Waals surface area (Å²) in [5, 5.41) is 20.8. The molecule has 2 aromatic rings. The number of hydrogen-bond donors (Lipinski definition) is 3. The van der Waals surface area contributed by atoms with Crippen molar-refractivity contribution in [1.82, 2.24) is 4.98 Å². The van der Waals surface area contributed by atoms with Gasteiger partial charge in [-0.1, -0.05) is 6.07 Å². The first-order chi connectivity index (χ1) is 7.63. The number of benzene rings is 1. The van der Waals surface area contributed by atoms with Crippen molar-refractivity contribution in [2.75, 3.05) is 6.54 Å². The van der Waals surface area contributed by atoms with Crippen molar-refractivity contribution in [1.29, 1.82) is 0 Å². The van der Waals surface area contributed by atoms with Crippen LogP contribution in [0.25, 0.3) is 10.9 Å². The predicted octanol–water partition coefficient (Wildman–Crippen LogP) is 1.07. The van der Waals surface area contributed by atoms with Gasteiger partial charge in [0.25, 0.3) is 5.69 Å². The largest absolute Gasteiger partial charge is 0.387 e. The first kappa shape index (κ1) is 10.6. The topological polar surface area (TPSA) is 105 Å². The summed E-state index contributed by atoms with van der Waals surface area (Å²) >= 11 is 0. The summed E-state index contributed by atoms with van der Waals surface area (Å²) in [6.07, 6.45) is 0.544. The van der Waals surface area contributed by atoms with Gasteiger partial charge in [-0.05, 0) is 17.7 Å². The van der Waals surface area contributed by atoms with E-state index in [1.807, 2.05) is 0 Å². The number of nitro groups is 1. The fourth-order valence-corrected chi connectivity index (χ4v) is 1.62. The number of aliphatic hydroxyl groups is 1. The van der Waals surface area contributed by atoms with Crippen molar-refractivity contribution >= 4 is 16.6 Å². The molecule has 1 atom stereocenters. The lowest BCUT2D eigenvalue weighted by atomic mass is 10.1. The lowest BCUT2D eigenvalue weighted by Gasteiger charge is -2.07. The maximum absolute atomic E-state index is 10.7. The molecular weight excluding hydrogens is 210 g/mol. The number of aliphatic hydroxyl groups excluding tert-OH is 1. The molecule has 4 N–H and O–H groups in total. The molecular formula is C10H11N3O3. The summed E-state index contributed by atoms with van der Waals surface area (Å²) in [7, 11) is 0. The van der Waals surface area contributed by atoms with Gasteiger partial charge in [0.1, 0.15) is 0 Å². The number of H-pyrrole nitrogens is 1. The van der Waals surface area contributed by atoms with Crippen molar-refractivity contribution in [3.8, 4) is 0 Å². The third-order valence-corrected chi connectivity index (χ3v) is 2.49. The summed E-state index contributed by atoms with van der Waals surface area (Å²) in [6.45, 7) is 0.0870. The third kappa shape index (κ3) is 1.64. The molecule has 0 saturated carbocycles. The summed E-state index contributed by atoms with van der Waals surface area (Å²) in [5.41, 5.74) is 6.58. The Balaban J connectivity index is 2.58. The molecule has 84 valence electrons. The molecule has 0 saturated heterocycles. The number of fused-ring (bicyclic) bond motifs is 1. The fraction of sp³-hybridized carbons (Fsp3) is 0.200. The standard InChI is InChI=1S/C10H11N3O3/c11-4-10(14)6-1-2-8-7(3-6)9(5-12-8)13(15)16/h1-3,5,10,12,14H,4,11H2. The smallest absolute Gasteiger partial charge is 0.294 e. The molecule has 0 fully saturated rings. The van der Waals surface area contributed by atoms with Gasteiger partial charge in [-0.25, -0.2) is 0 Å².